The first-order valence-electron chi connectivity index (χ1n) is 4.00. The van der Waals surface area contributed by atoms with Gasteiger partial charge in [0.1, 0.15) is 5.69 Å². The fourth-order valence-electron chi connectivity index (χ4n) is 1.33. The lowest BCUT2D eigenvalue weighted by molar-refractivity contribution is 0.681. The third-order valence-electron chi connectivity index (χ3n) is 1.93. The van der Waals surface area contributed by atoms with E-state index in [-0.39, 0.29) is 0 Å². The molecule has 1 aromatic heterocycles. The molecule has 2 rings (SSSR count). The SMILES string of the molecule is O=S1(=Nc2cn[nH]c2)CCCC1. The highest BCUT2D eigenvalue weighted by Crippen LogP contribution is 2.19. The summed E-state index contributed by atoms with van der Waals surface area (Å²) in [4.78, 5) is 0. The number of nitrogens with zero attached hydrogens (tertiary/aromatic N) is 2. The van der Waals surface area contributed by atoms with Crippen LogP contribution >= 0.6 is 0 Å². The molecule has 0 radical (unpaired) electrons. The number of hydrogen-bond donors (Lipinski definition) is 1. The lowest BCUT2D eigenvalue weighted by atomic mass is 10.4. The van der Waals surface area contributed by atoms with Gasteiger partial charge in [-0.3, -0.25) is 5.10 Å². The minimum Gasteiger partial charge on any atom is -0.283 e. The van der Waals surface area contributed by atoms with Crippen molar-refractivity contribution in [3.05, 3.63) is 12.4 Å². The third-order valence-corrected chi connectivity index (χ3v) is 4.33. The highest BCUT2D eigenvalue weighted by atomic mass is 32.2. The predicted molar refractivity (Wildman–Crippen MR) is 47.8 cm³/mol. The van der Waals surface area contributed by atoms with Crippen molar-refractivity contribution in [3.63, 3.8) is 0 Å². The fraction of sp³-hybridized carbons (Fsp3) is 0.571. The molecule has 0 spiro atoms. The van der Waals surface area contributed by atoms with Crippen LogP contribution in [0.1, 0.15) is 12.8 Å². The molecule has 0 bridgehead atoms. The maximum Gasteiger partial charge on any atom is 0.111 e. The predicted octanol–water partition coefficient (Wildman–Crippen LogP) is 1.30. The van der Waals surface area contributed by atoms with E-state index in [4.69, 9.17) is 0 Å². The van der Waals surface area contributed by atoms with Crippen molar-refractivity contribution in [2.24, 2.45) is 4.36 Å². The molecular weight excluding hydrogens is 174 g/mol. The topological polar surface area (TPSA) is 58.1 Å². The summed E-state index contributed by atoms with van der Waals surface area (Å²) in [5.41, 5.74) is 0.710. The summed E-state index contributed by atoms with van der Waals surface area (Å²) in [5, 5.41) is 6.40. The molecule has 0 atom stereocenters. The lowest BCUT2D eigenvalue weighted by Gasteiger charge is -1.96. The number of rotatable bonds is 1. The molecular formula is C7H11N3OS. The minimum atomic E-state index is -1.91. The number of aromatic nitrogens is 2. The summed E-state index contributed by atoms with van der Waals surface area (Å²) in [6, 6.07) is 0. The van der Waals surface area contributed by atoms with Gasteiger partial charge in [0.05, 0.1) is 15.9 Å². The van der Waals surface area contributed by atoms with Crippen LogP contribution < -0.4 is 0 Å². The second-order valence-corrected chi connectivity index (χ2v) is 5.48. The minimum absolute atomic E-state index is 0.710. The zero-order valence-electron chi connectivity index (χ0n) is 6.69. The summed E-state index contributed by atoms with van der Waals surface area (Å²) in [7, 11) is -1.91. The lowest BCUT2D eigenvalue weighted by Crippen LogP contribution is -1.98. The zero-order valence-corrected chi connectivity index (χ0v) is 7.51. The van der Waals surface area contributed by atoms with Crippen molar-refractivity contribution in [1.82, 2.24) is 10.2 Å². The van der Waals surface area contributed by atoms with Crippen LogP contribution in [0.15, 0.2) is 16.8 Å². The van der Waals surface area contributed by atoms with E-state index in [1.54, 1.807) is 12.4 Å². The monoisotopic (exact) mass is 185 g/mol. The Morgan fingerprint density at radius 3 is 2.83 bits per heavy atom. The van der Waals surface area contributed by atoms with E-state index >= 15 is 0 Å². The average molecular weight is 185 g/mol. The number of aromatic amines is 1. The van der Waals surface area contributed by atoms with E-state index in [9.17, 15) is 4.21 Å². The van der Waals surface area contributed by atoms with Gasteiger partial charge in [-0.25, -0.2) is 4.21 Å². The molecule has 0 aliphatic carbocycles. The molecule has 0 saturated carbocycles. The van der Waals surface area contributed by atoms with Crippen LogP contribution in [0.25, 0.3) is 0 Å². The Labute approximate surface area is 71.6 Å². The number of H-pyrrole nitrogens is 1. The molecule has 12 heavy (non-hydrogen) atoms. The van der Waals surface area contributed by atoms with Gasteiger partial charge in [0, 0.05) is 17.7 Å². The van der Waals surface area contributed by atoms with Crippen LogP contribution in [0.3, 0.4) is 0 Å². The molecule has 5 heteroatoms. The Hall–Kier alpha value is -0.840. The Balaban J connectivity index is 2.34. The molecule has 0 aromatic carbocycles. The smallest absolute Gasteiger partial charge is 0.111 e. The Morgan fingerprint density at radius 1 is 1.50 bits per heavy atom. The molecule has 1 aliphatic heterocycles. The quantitative estimate of drug-likeness (QED) is 0.717. The highest BCUT2D eigenvalue weighted by molar-refractivity contribution is 7.93. The maximum absolute atomic E-state index is 11.8. The van der Waals surface area contributed by atoms with Crippen molar-refractivity contribution in [3.8, 4) is 0 Å². The Kier molecular flexibility index (Phi) is 1.88. The standard InChI is InChI=1S/C7H11N3OS/c11-12(3-1-2-4-12)10-7-5-8-9-6-7/h5-6H,1-4H2,(H,8,9). The van der Waals surface area contributed by atoms with Gasteiger partial charge in [-0.15, -0.1) is 0 Å². The Bertz CT molecular complexity index is 350. The average Bonchev–Trinajstić information content (AvgIpc) is 2.62. The van der Waals surface area contributed by atoms with Gasteiger partial charge in [0.2, 0.25) is 0 Å². The molecule has 1 saturated heterocycles. The largest absolute Gasteiger partial charge is 0.283 e. The molecule has 1 aromatic rings. The first-order chi connectivity index (χ1) is 5.79. The fourth-order valence-corrected chi connectivity index (χ4v) is 3.52. The summed E-state index contributed by atoms with van der Waals surface area (Å²) in [5.74, 6) is 1.50. The van der Waals surface area contributed by atoms with Gasteiger partial charge in [-0.2, -0.15) is 9.46 Å². The second-order valence-electron chi connectivity index (χ2n) is 2.94. The maximum atomic E-state index is 11.8. The molecule has 0 unspecified atom stereocenters. The first-order valence-corrected chi connectivity index (χ1v) is 5.85. The van der Waals surface area contributed by atoms with E-state index in [1.807, 2.05) is 0 Å². The first kappa shape index (κ1) is 7.79. The van der Waals surface area contributed by atoms with Gasteiger partial charge >= 0.3 is 0 Å². The molecule has 4 nitrogen and oxygen atoms in total. The molecule has 2 heterocycles. The molecule has 66 valence electrons. The van der Waals surface area contributed by atoms with Gasteiger partial charge in [-0.05, 0) is 12.8 Å². The van der Waals surface area contributed by atoms with Crippen LogP contribution in [0, 0.1) is 0 Å². The zero-order chi connectivity index (χ0) is 8.44. The van der Waals surface area contributed by atoms with Crippen molar-refractivity contribution in [2.45, 2.75) is 12.8 Å². The molecule has 1 fully saturated rings. The molecule has 0 amide bonds. The second kappa shape index (κ2) is 2.90. The van der Waals surface area contributed by atoms with Crippen LogP contribution in [0.4, 0.5) is 5.69 Å². The van der Waals surface area contributed by atoms with E-state index < -0.39 is 9.73 Å². The normalized spacial score (nSPS) is 21.0. The molecule has 1 N–H and O–H groups in total. The van der Waals surface area contributed by atoms with Crippen molar-refractivity contribution in [1.29, 1.82) is 0 Å². The van der Waals surface area contributed by atoms with Crippen molar-refractivity contribution >= 4 is 15.4 Å². The number of hydrogen-bond acceptors (Lipinski definition) is 3. The van der Waals surface area contributed by atoms with E-state index in [1.165, 1.54) is 0 Å². The summed E-state index contributed by atoms with van der Waals surface area (Å²) < 4.78 is 16.0. The van der Waals surface area contributed by atoms with Crippen molar-refractivity contribution in [2.75, 3.05) is 11.5 Å². The summed E-state index contributed by atoms with van der Waals surface area (Å²) in [6.45, 7) is 0. The van der Waals surface area contributed by atoms with Gasteiger partial charge in [0.15, 0.2) is 0 Å². The van der Waals surface area contributed by atoms with Crippen LogP contribution in [-0.4, -0.2) is 25.9 Å². The van der Waals surface area contributed by atoms with Gasteiger partial charge in [-0.1, -0.05) is 0 Å². The molecule has 1 aliphatic rings. The summed E-state index contributed by atoms with van der Waals surface area (Å²) in [6.07, 6.45) is 5.36. The van der Waals surface area contributed by atoms with Crippen LogP contribution in [0.2, 0.25) is 0 Å². The van der Waals surface area contributed by atoms with E-state index in [0.29, 0.717) is 5.69 Å². The van der Waals surface area contributed by atoms with Crippen molar-refractivity contribution < 1.29 is 4.21 Å². The van der Waals surface area contributed by atoms with Crippen LogP contribution in [0.5, 0.6) is 0 Å². The van der Waals surface area contributed by atoms with E-state index in [0.717, 1.165) is 24.3 Å². The van der Waals surface area contributed by atoms with Crippen LogP contribution in [-0.2, 0) is 9.73 Å². The third kappa shape index (κ3) is 1.50. The number of nitrogens with one attached hydrogen (secondary N) is 1. The van der Waals surface area contributed by atoms with Gasteiger partial charge < -0.3 is 0 Å². The Morgan fingerprint density at radius 2 is 2.25 bits per heavy atom. The summed E-state index contributed by atoms with van der Waals surface area (Å²) >= 11 is 0. The highest BCUT2D eigenvalue weighted by Gasteiger charge is 2.16. The van der Waals surface area contributed by atoms with Gasteiger partial charge in [0.25, 0.3) is 0 Å². The van der Waals surface area contributed by atoms with E-state index in [2.05, 4.69) is 14.6 Å².